The number of thiophene rings is 1. The van der Waals surface area contributed by atoms with E-state index in [9.17, 15) is 4.79 Å². The van der Waals surface area contributed by atoms with E-state index in [0.29, 0.717) is 11.8 Å². The van der Waals surface area contributed by atoms with Crippen molar-refractivity contribution in [1.29, 1.82) is 0 Å². The number of rotatable bonds is 5. The molecule has 1 fully saturated rings. The summed E-state index contributed by atoms with van der Waals surface area (Å²) in [5.41, 5.74) is 0. The lowest BCUT2D eigenvalue weighted by Gasteiger charge is -2.29. The molecule has 1 saturated carbocycles. The molecule has 0 atom stereocenters. The number of hydrogen-bond donors (Lipinski definition) is 1. The zero-order valence-electron chi connectivity index (χ0n) is 14.6. The van der Waals surface area contributed by atoms with Crippen LogP contribution in [0, 0.1) is 6.92 Å². The molecule has 0 spiro atoms. The Morgan fingerprint density at radius 3 is 2.96 bits per heavy atom. The standard InChI is InChI=1S/C18H21N5OS2/c1-12-9-15-17(19-11-20-18(15)26-12)25-10-16(24)22-13-3-5-14(6-4-13)23-8-2-7-21-23/h2,7-9,11,13-14H,3-6,10H2,1H3,(H,22,24). The Hall–Kier alpha value is -1.93. The Bertz CT molecular complexity index is 884. The van der Waals surface area contributed by atoms with E-state index < -0.39 is 0 Å². The van der Waals surface area contributed by atoms with Crippen LogP contribution in [-0.4, -0.2) is 37.5 Å². The first-order valence-corrected chi connectivity index (χ1v) is 10.6. The highest BCUT2D eigenvalue weighted by atomic mass is 32.2. The number of aromatic nitrogens is 4. The lowest BCUT2D eigenvalue weighted by Crippen LogP contribution is -2.39. The van der Waals surface area contributed by atoms with Gasteiger partial charge < -0.3 is 5.32 Å². The summed E-state index contributed by atoms with van der Waals surface area (Å²) in [5.74, 6) is 0.469. The van der Waals surface area contributed by atoms with E-state index in [1.54, 1.807) is 17.7 Å². The van der Waals surface area contributed by atoms with E-state index in [0.717, 1.165) is 40.9 Å². The molecule has 6 nitrogen and oxygen atoms in total. The van der Waals surface area contributed by atoms with Gasteiger partial charge in [-0.1, -0.05) is 11.8 Å². The number of carbonyl (C=O) groups is 1. The number of hydrogen-bond acceptors (Lipinski definition) is 6. The van der Waals surface area contributed by atoms with Gasteiger partial charge in [-0.25, -0.2) is 9.97 Å². The van der Waals surface area contributed by atoms with Crippen LogP contribution in [0.15, 0.2) is 35.9 Å². The van der Waals surface area contributed by atoms with Crippen molar-refractivity contribution in [3.05, 3.63) is 35.7 Å². The molecular formula is C18H21N5OS2. The first-order valence-electron chi connectivity index (χ1n) is 8.81. The number of nitrogens with zero attached hydrogens (tertiary/aromatic N) is 4. The van der Waals surface area contributed by atoms with E-state index in [1.807, 2.05) is 23.1 Å². The van der Waals surface area contributed by atoms with Crippen molar-refractivity contribution in [2.24, 2.45) is 0 Å². The molecule has 0 bridgehead atoms. The van der Waals surface area contributed by atoms with Crippen LogP contribution in [0.2, 0.25) is 0 Å². The highest BCUT2D eigenvalue weighted by molar-refractivity contribution is 8.00. The quantitative estimate of drug-likeness (QED) is 0.535. The largest absolute Gasteiger partial charge is 0.353 e. The minimum atomic E-state index is 0.0799. The van der Waals surface area contributed by atoms with Gasteiger partial charge in [-0.3, -0.25) is 9.48 Å². The molecule has 3 aromatic heterocycles. The van der Waals surface area contributed by atoms with Crippen molar-refractivity contribution in [3.63, 3.8) is 0 Å². The molecule has 0 aliphatic heterocycles. The lowest BCUT2D eigenvalue weighted by atomic mass is 9.91. The third kappa shape index (κ3) is 3.91. The fourth-order valence-corrected chi connectivity index (χ4v) is 5.15. The Morgan fingerprint density at radius 1 is 1.35 bits per heavy atom. The maximum absolute atomic E-state index is 12.3. The third-order valence-corrected chi connectivity index (χ3v) is 6.68. The molecule has 3 aromatic rings. The van der Waals surface area contributed by atoms with Gasteiger partial charge in [0.15, 0.2) is 0 Å². The molecule has 0 radical (unpaired) electrons. The van der Waals surface area contributed by atoms with Gasteiger partial charge in [0.05, 0.1) is 11.8 Å². The monoisotopic (exact) mass is 387 g/mol. The summed E-state index contributed by atoms with van der Waals surface area (Å²) in [6.07, 6.45) is 9.54. The van der Waals surface area contributed by atoms with Crippen molar-refractivity contribution < 1.29 is 4.79 Å². The second-order valence-electron chi connectivity index (χ2n) is 6.60. The molecule has 0 unspecified atom stereocenters. The van der Waals surface area contributed by atoms with Crippen LogP contribution in [0.5, 0.6) is 0 Å². The van der Waals surface area contributed by atoms with Gasteiger partial charge in [-0.2, -0.15) is 5.10 Å². The molecule has 26 heavy (non-hydrogen) atoms. The topological polar surface area (TPSA) is 72.7 Å². The minimum Gasteiger partial charge on any atom is -0.353 e. The van der Waals surface area contributed by atoms with E-state index >= 15 is 0 Å². The summed E-state index contributed by atoms with van der Waals surface area (Å²) in [7, 11) is 0. The lowest BCUT2D eigenvalue weighted by molar-refractivity contribution is -0.119. The van der Waals surface area contributed by atoms with Gasteiger partial charge in [0.25, 0.3) is 0 Å². The number of aryl methyl sites for hydroxylation is 1. The summed E-state index contributed by atoms with van der Waals surface area (Å²) in [4.78, 5) is 23.2. The second-order valence-corrected chi connectivity index (χ2v) is 8.80. The molecule has 4 rings (SSSR count). The van der Waals surface area contributed by atoms with E-state index in [-0.39, 0.29) is 11.9 Å². The Balaban J connectivity index is 1.28. The van der Waals surface area contributed by atoms with Gasteiger partial charge >= 0.3 is 0 Å². The smallest absolute Gasteiger partial charge is 0.230 e. The zero-order valence-corrected chi connectivity index (χ0v) is 16.2. The number of thioether (sulfide) groups is 1. The van der Waals surface area contributed by atoms with Crippen molar-refractivity contribution >= 4 is 39.2 Å². The SMILES string of the molecule is Cc1cc2c(SCC(=O)NC3CCC(n4cccn4)CC3)ncnc2s1. The zero-order chi connectivity index (χ0) is 17.9. The molecule has 1 amide bonds. The molecular weight excluding hydrogens is 366 g/mol. The van der Waals surface area contributed by atoms with Gasteiger partial charge in [-0.05, 0) is 44.7 Å². The molecule has 0 aromatic carbocycles. The summed E-state index contributed by atoms with van der Waals surface area (Å²) in [6.45, 7) is 2.06. The average Bonchev–Trinajstić information content (AvgIpc) is 3.29. The number of carbonyl (C=O) groups excluding carboxylic acids is 1. The summed E-state index contributed by atoms with van der Waals surface area (Å²) >= 11 is 3.14. The highest BCUT2D eigenvalue weighted by Crippen LogP contribution is 2.31. The van der Waals surface area contributed by atoms with Crippen LogP contribution >= 0.6 is 23.1 Å². The van der Waals surface area contributed by atoms with Crippen LogP contribution in [0.1, 0.15) is 36.6 Å². The summed E-state index contributed by atoms with van der Waals surface area (Å²) in [6, 6.07) is 4.79. The number of nitrogens with one attached hydrogen (secondary N) is 1. The van der Waals surface area contributed by atoms with E-state index in [1.165, 1.54) is 16.6 Å². The molecule has 1 N–H and O–H groups in total. The van der Waals surface area contributed by atoms with Crippen LogP contribution in [-0.2, 0) is 4.79 Å². The minimum absolute atomic E-state index is 0.0799. The first-order chi connectivity index (χ1) is 12.7. The second kappa shape index (κ2) is 7.75. The van der Waals surface area contributed by atoms with Gasteiger partial charge in [0.1, 0.15) is 16.2 Å². The fourth-order valence-electron chi connectivity index (χ4n) is 3.45. The highest BCUT2D eigenvalue weighted by Gasteiger charge is 2.23. The maximum Gasteiger partial charge on any atom is 0.230 e. The van der Waals surface area contributed by atoms with Crippen LogP contribution in [0.3, 0.4) is 0 Å². The first kappa shape index (κ1) is 17.5. The molecule has 0 saturated heterocycles. The number of amides is 1. The Kier molecular flexibility index (Phi) is 5.21. The molecule has 1 aliphatic carbocycles. The van der Waals surface area contributed by atoms with E-state index in [4.69, 9.17) is 0 Å². The predicted octanol–water partition coefficient (Wildman–Crippen LogP) is 3.59. The molecule has 8 heteroatoms. The molecule has 136 valence electrons. The average molecular weight is 388 g/mol. The van der Waals surface area contributed by atoms with Gasteiger partial charge in [0, 0.05) is 28.7 Å². The van der Waals surface area contributed by atoms with Crippen molar-refractivity contribution in [2.45, 2.75) is 49.7 Å². The fraction of sp³-hybridized carbons (Fsp3) is 0.444. The number of fused-ring (bicyclic) bond motifs is 1. The predicted molar refractivity (Wildman–Crippen MR) is 105 cm³/mol. The van der Waals surface area contributed by atoms with Crippen molar-refractivity contribution in [2.75, 3.05) is 5.75 Å². The summed E-state index contributed by atoms with van der Waals surface area (Å²) < 4.78 is 2.04. The normalized spacial score (nSPS) is 20.3. The Labute approximate surface area is 160 Å². The maximum atomic E-state index is 12.3. The van der Waals surface area contributed by atoms with Crippen LogP contribution < -0.4 is 5.32 Å². The molecule has 1 aliphatic rings. The van der Waals surface area contributed by atoms with Gasteiger partial charge in [-0.15, -0.1) is 11.3 Å². The summed E-state index contributed by atoms with van der Waals surface area (Å²) in [5, 5.41) is 9.44. The van der Waals surface area contributed by atoms with Crippen molar-refractivity contribution in [3.8, 4) is 0 Å². The molecule has 3 heterocycles. The van der Waals surface area contributed by atoms with Gasteiger partial charge in [0.2, 0.25) is 5.91 Å². The van der Waals surface area contributed by atoms with Crippen LogP contribution in [0.4, 0.5) is 0 Å². The van der Waals surface area contributed by atoms with Crippen molar-refractivity contribution in [1.82, 2.24) is 25.1 Å². The Morgan fingerprint density at radius 2 is 2.19 bits per heavy atom. The van der Waals surface area contributed by atoms with Crippen LogP contribution in [0.25, 0.3) is 10.2 Å². The van der Waals surface area contributed by atoms with E-state index in [2.05, 4.69) is 33.4 Å². The third-order valence-electron chi connectivity index (χ3n) is 4.72.